The summed E-state index contributed by atoms with van der Waals surface area (Å²) >= 11 is 5.43. The molecule has 1 aromatic rings. The Morgan fingerprint density at radius 1 is 1.24 bits per heavy atom. The number of anilines is 1. The first-order valence-corrected chi connectivity index (χ1v) is 7.86. The van der Waals surface area contributed by atoms with Crippen LogP contribution in [-0.2, 0) is 4.74 Å². The Bertz CT molecular complexity index is 484. The van der Waals surface area contributed by atoms with Gasteiger partial charge in [0.1, 0.15) is 0 Å². The third kappa shape index (κ3) is 4.32. The average Bonchev–Trinajstić information content (AvgIpc) is 2.50. The van der Waals surface area contributed by atoms with Crippen molar-refractivity contribution in [1.82, 2.24) is 10.2 Å². The maximum atomic E-state index is 5.43. The van der Waals surface area contributed by atoms with Crippen LogP contribution in [0, 0.1) is 13.8 Å². The van der Waals surface area contributed by atoms with Crippen molar-refractivity contribution in [2.24, 2.45) is 0 Å². The molecule has 1 fully saturated rings. The SMILES string of the molecule is COCCNC(=S)N1CCN(c2cc(C)ccc2C)CC1. The second-order valence-electron chi connectivity index (χ2n) is 5.49. The smallest absolute Gasteiger partial charge is 0.169 e. The molecule has 1 saturated heterocycles. The second-order valence-corrected chi connectivity index (χ2v) is 5.88. The van der Waals surface area contributed by atoms with Gasteiger partial charge in [-0.05, 0) is 43.3 Å². The first kappa shape index (κ1) is 16.0. The normalized spacial score (nSPS) is 15.2. The monoisotopic (exact) mass is 307 g/mol. The summed E-state index contributed by atoms with van der Waals surface area (Å²) in [5.74, 6) is 0. The third-order valence-electron chi connectivity index (χ3n) is 3.85. The summed E-state index contributed by atoms with van der Waals surface area (Å²) in [5.41, 5.74) is 4.01. The standard InChI is InChI=1S/C16H25N3OS/c1-13-4-5-14(2)15(12-13)18-7-9-19(10-8-18)16(21)17-6-11-20-3/h4-5,12H,6-11H2,1-3H3,(H,17,21). The number of nitrogens with one attached hydrogen (secondary N) is 1. The van der Waals surface area contributed by atoms with Crippen LogP contribution < -0.4 is 10.2 Å². The number of nitrogens with zero attached hydrogens (tertiary/aromatic N) is 2. The van der Waals surface area contributed by atoms with Gasteiger partial charge in [0.15, 0.2) is 5.11 Å². The third-order valence-corrected chi connectivity index (χ3v) is 4.26. The maximum Gasteiger partial charge on any atom is 0.169 e. The molecule has 0 radical (unpaired) electrons. The lowest BCUT2D eigenvalue weighted by atomic mass is 10.1. The minimum Gasteiger partial charge on any atom is -0.383 e. The van der Waals surface area contributed by atoms with Crippen LogP contribution >= 0.6 is 12.2 Å². The van der Waals surface area contributed by atoms with E-state index in [1.54, 1.807) is 7.11 Å². The fourth-order valence-corrected chi connectivity index (χ4v) is 2.87. The lowest BCUT2D eigenvalue weighted by Crippen LogP contribution is -2.52. The lowest BCUT2D eigenvalue weighted by Gasteiger charge is -2.38. The van der Waals surface area contributed by atoms with Crippen LogP contribution in [0.2, 0.25) is 0 Å². The van der Waals surface area contributed by atoms with E-state index < -0.39 is 0 Å². The Balaban J connectivity index is 1.88. The van der Waals surface area contributed by atoms with Crippen LogP contribution in [0.5, 0.6) is 0 Å². The van der Waals surface area contributed by atoms with E-state index in [4.69, 9.17) is 17.0 Å². The number of aryl methyl sites for hydroxylation is 2. The van der Waals surface area contributed by atoms with E-state index in [2.05, 4.69) is 47.2 Å². The van der Waals surface area contributed by atoms with E-state index in [0.717, 1.165) is 37.8 Å². The van der Waals surface area contributed by atoms with Crippen molar-refractivity contribution in [3.05, 3.63) is 29.3 Å². The van der Waals surface area contributed by atoms with Crippen molar-refractivity contribution in [3.8, 4) is 0 Å². The fraction of sp³-hybridized carbons (Fsp3) is 0.562. The highest BCUT2D eigenvalue weighted by Crippen LogP contribution is 2.22. The molecule has 0 amide bonds. The number of rotatable bonds is 4. The highest BCUT2D eigenvalue weighted by Gasteiger charge is 2.19. The molecule has 1 aliphatic rings. The van der Waals surface area contributed by atoms with Gasteiger partial charge in [-0.25, -0.2) is 0 Å². The molecular weight excluding hydrogens is 282 g/mol. The molecule has 4 nitrogen and oxygen atoms in total. The summed E-state index contributed by atoms with van der Waals surface area (Å²) in [4.78, 5) is 4.70. The van der Waals surface area contributed by atoms with Gasteiger partial charge in [-0.1, -0.05) is 12.1 Å². The summed E-state index contributed by atoms with van der Waals surface area (Å²) < 4.78 is 5.03. The van der Waals surface area contributed by atoms with Crippen LogP contribution in [0.15, 0.2) is 18.2 Å². The molecule has 0 bridgehead atoms. The molecule has 116 valence electrons. The Hall–Kier alpha value is -1.33. The van der Waals surface area contributed by atoms with Gasteiger partial charge >= 0.3 is 0 Å². The molecule has 0 spiro atoms. The fourth-order valence-electron chi connectivity index (χ4n) is 2.58. The Kier molecular flexibility index (Phi) is 5.82. The number of benzene rings is 1. The van der Waals surface area contributed by atoms with Crippen LogP contribution in [0.3, 0.4) is 0 Å². The highest BCUT2D eigenvalue weighted by molar-refractivity contribution is 7.80. The van der Waals surface area contributed by atoms with Crippen molar-refractivity contribution >= 4 is 23.0 Å². The lowest BCUT2D eigenvalue weighted by molar-refractivity contribution is 0.202. The molecular formula is C16H25N3OS. The van der Waals surface area contributed by atoms with Gasteiger partial charge in [0.05, 0.1) is 6.61 Å². The van der Waals surface area contributed by atoms with Crippen molar-refractivity contribution < 1.29 is 4.74 Å². The zero-order valence-corrected chi connectivity index (χ0v) is 14.0. The predicted octanol–water partition coefficient (Wildman–Crippen LogP) is 1.95. The highest BCUT2D eigenvalue weighted by atomic mass is 32.1. The van der Waals surface area contributed by atoms with Crippen molar-refractivity contribution in [2.75, 3.05) is 51.3 Å². The van der Waals surface area contributed by atoms with Crippen LogP contribution in [0.1, 0.15) is 11.1 Å². The minimum absolute atomic E-state index is 0.683. The van der Waals surface area contributed by atoms with Gasteiger partial charge in [0.2, 0.25) is 0 Å². The Morgan fingerprint density at radius 2 is 1.95 bits per heavy atom. The van der Waals surface area contributed by atoms with E-state index in [1.165, 1.54) is 16.8 Å². The van der Waals surface area contributed by atoms with E-state index in [-0.39, 0.29) is 0 Å². The minimum atomic E-state index is 0.683. The Morgan fingerprint density at radius 3 is 2.62 bits per heavy atom. The van der Waals surface area contributed by atoms with Gasteiger partial charge in [-0.3, -0.25) is 0 Å². The van der Waals surface area contributed by atoms with Crippen molar-refractivity contribution in [1.29, 1.82) is 0 Å². The Labute approximate surface area is 133 Å². The first-order chi connectivity index (χ1) is 10.1. The second kappa shape index (κ2) is 7.61. The van der Waals surface area contributed by atoms with Gasteiger partial charge in [-0.2, -0.15) is 0 Å². The van der Waals surface area contributed by atoms with Crippen molar-refractivity contribution in [2.45, 2.75) is 13.8 Å². The zero-order chi connectivity index (χ0) is 15.2. The summed E-state index contributed by atoms with van der Waals surface area (Å²) in [5, 5.41) is 4.08. The van der Waals surface area contributed by atoms with Crippen molar-refractivity contribution in [3.63, 3.8) is 0 Å². The quantitative estimate of drug-likeness (QED) is 0.678. The number of ether oxygens (including phenoxy) is 1. The molecule has 1 N–H and O–H groups in total. The molecule has 1 aromatic carbocycles. The molecule has 0 saturated carbocycles. The van der Waals surface area contributed by atoms with Gasteiger partial charge in [0.25, 0.3) is 0 Å². The van der Waals surface area contributed by atoms with Crippen LogP contribution in [0.4, 0.5) is 5.69 Å². The molecule has 1 heterocycles. The largest absolute Gasteiger partial charge is 0.383 e. The van der Waals surface area contributed by atoms with Gasteiger partial charge < -0.3 is 19.9 Å². The summed E-state index contributed by atoms with van der Waals surface area (Å²) in [6.45, 7) is 9.73. The average molecular weight is 307 g/mol. The van der Waals surface area contributed by atoms with Gasteiger partial charge in [-0.15, -0.1) is 0 Å². The molecule has 0 aromatic heterocycles. The molecule has 2 rings (SSSR count). The topological polar surface area (TPSA) is 27.7 Å². The molecule has 1 aliphatic heterocycles. The first-order valence-electron chi connectivity index (χ1n) is 7.45. The van der Waals surface area contributed by atoms with Gasteiger partial charge in [0, 0.05) is 45.5 Å². The van der Waals surface area contributed by atoms with Crippen LogP contribution in [0.25, 0.3) is 0 Å². The maximum absolute atomic E-state index is 5.43. The number of hydrogen-bond acceptors (Lipinski definition) is 3. The van der Waals surface area contributed by atoms with E-state index in [9.17, 15) is 0 Å². The number of thiocarbonyl (C=S) groups is 1. The van der Waals surface area contributed by atoms with Crippen LogP contribution in [-0.4, -0.2) is 56.5 Å². The molecule has 21 heavy (non-hydrogen) atoms. The summed E-state index contributed by atoms with van der Waals surface area (Å²) in [6.07, 6.45) is 0. The number of piperazine rings is 1. The summed E-state index contributed by atoms with van der Waals surface area (Å²) in [6, 6.07) is 6.65. The molecule has 0 unspecified atom stereocenters. The summed E-state index contributed by atoms with van der Waals surface area (Å²) in [7, 11) is 1.70. The van der Waals surface area contributed by atoms with E-state index in [0.29, 0.717) is 6.61 Å². The van der Waals surface area contributed by atoms with E-state index >= 15 is 0 Å². The number of methoxy groups -OCH3 is 1. The molecule has 0 aliphatic carbocycles. The zero-order valence-electron chi connectivity index (χ0n) is 13.2. The van der Waals surface area contributed by atoms with E-state index in [1.807, 2.05) is 0 Å². The predicted molar refractivity (Wildman–Crippen MR) is 92.2 cm³/mol. The molecule has 5 heteroatoms. The number of hydrogen-bond donors (Lipinski definition) is 1. The molecule has 0 atom stereocenters.